The first-order valence-electron chi connectivity index (χ1n) is 10.6. The fraction of sp³-hybridized carbons (Fsp3) is 0.458. The number of hydrogen-bond donors (Lipinski definition) is 1. The van der Waals surface area contributed by atoms with Crippen LogP contribution >= 0.6 is 0 Å². The lowest BCUT2D eigenvalue weighted by molar-refractivity contribution is 0.0210. The fourth-order valence-electron chi connectivity index (χ4n) is 3.44. The van der Waals surface area contributed by atoms with Gasteiger partial charge in [0.15, 0.2) is 0 Å². The van der Waals surface area contributed by atoms with Gasteiger partial charge in [-0.2, -0.15) is 0 Å². The van der Waals surface area contributed by atoms with Crippen molar-refractivity contribution in [3.05, 3.63) is 53.6 Å². The molecule has 29 heavy (non-hydrogen) atoms. The highest BCUT2D eigenvalue weighted by Gasteiger charge is 2.19. The van der Waals surface area contributed by atoms with Crippen molar-refractivity contribution in [2.24, 2.45) is 0 Å². The van der Waals surface area contributed by atoms with Crippen molar-refractivity contribution in [3.8, 4) is 11.5 Å². The summed E-state index contributed by atoms with van der Waals surface area (Å²) in [5.74, 6) is 1.06. The van der Waals surface area contributed by atoms with E-state index in [1.165, 1.54) is 12.0 Å². The Balaban J connectivity index is 1.44. The predicted molar refractivity (Wildman–Crippen MR) is 115 cm³/mol. The maximum atomic E-state index is 12.4. The molecule has 2 aromatic carbocycles. The van der Waals surface area contributed by atoms with Crippen molar-refractivity contribution >= 4 is 11.7 Å². The average molecular weight is 398 g/mol. The molecule has 0 unspecified atom stereocenters. The van der Waals surface area contributed by atoms with Gasteiger partial charge in [-0.1, -0.05) is 25.5 Å². The van der Waals surface area contributed by atoms with Crippen LogP contribution in [-0.2, 0) is 11.2 Å². The summed E-state index contributed by atoms with van der Waals surface area (Å²) in [6.07, 6.45) is 7.13. The number of aryl methyl sites for hydroxylation is 1. The molecule has 0 amide bonds. The topological polar surface area (TPSA) is 70.8 Å². The van der Waals surface area contributed by atoms with Gasteiger partial charge in [0.25, 0.3) is 0 Å². The zero-order valence-corrected chi connectivity index (χ0v) is 17.2. The van der Waals surface area contributed by atoms with E-state index >= 15 is 0 Å². The number of ether oxygens (including phenoxy) is 3. The second-order valence-electron chi connectivity index (χ2n) is 7.47. The lowest BCUT2D eigenvalue weighted by atomic mass is 9.98. The Morgan fingerprint density at radius 1 is 1.00 bits per heavy atom. The molecule has 3 rings (SSSR count). The molecule has 0 radical (unpaired) electrons. The fourth-order valence-corrected chi connectivity index (χ4v) is 3.44. The minimum Gasteiger partial charge on any atom is -0.493 e. The molecule has 1 aliphatic carbocycles. The number of carbonyl (C=O) groups is 1. The van der Waals surface area contributed by atoms with Crippen molar-refractivity contribution in [1.82, 2.24) is 0 Å². The van der Waals surface area contributed by atoms with Gasteiger partial charge in [0, 0.05) is 6.42 Å². The summed E-state index contributed by atoms with van der Waals surface area (Å²) in [6, 6.07) is 13.2. The predicted octanol–water partition coefficient (Wildman–Crippen LogP) is 5.17. The number of nitrogens with two attached hydrogens (primary N) is 1. The normalized spacial score (nSPS) is 14.4. The quantitative estimate of drug-likeness (QED) is 0.359. The first kappa shape index (κ1) is 21.0. The molecule has 0 bridgehead atoms. The van der Waals surface area contributed by atoms with E-state index in [1.54, 1.807) is 18.2 Å². The van der Waals surface area contributed by atoms with Crippen molar-refractivity contribution in [3.63, 3.8) is 0 Å². The third-order valence-corrected chi connectivity index (χ3v) is 5.22. The van der Waals surface area contributed by atoms with Gasteiger partial charge in [0.05, 0.1) is 24.5 Å². The van der Waals surface area contributed by atoms with Gasteiger partial charge in [-0.3, -0.25) is 0 Å². The van der Waals surface area contributed by atoms with Crippen molar-refractivity contribution in [2.75, 3.05) is 18.9 Å². The summed E-state index contributed by atoms with van der Waals surface area (Å²) in [6.45, 7) is 3.14. The molecule has 5 nitrogen and oxygen atoms in total. The summed E-state index contributed by atoms with van der Waals surface area (Å²) >= 11 is 0. The summed E-state index contributed by atoms with van der Waals surface area (Å²) in [5, 5.41) is 0. The molecule has 0 aromatic heterocycles. The monoisotopic (exact) mass is 397 g/mol. The first-order chi connectivity index (χ1) is 14.2. The van der Waals surface area contributed by atoms with Crippen LogP contribution in [0.4, 0.5) is 5.69 Å². The Hall–Kier alpha value is -2.69. The van der Waals surface area contributed by atoms with Crippen LogP contribution in [0.2, 0.25) is 0 Å². The Labute approximate surface area is 173 Å². The second kappa shape index (κ2) is 10.7. The Morgan fingerprint density at radius 3 is 2.45 bits per heavy atom. The Morgan fingerprint density at radius 2 is 1.72 bits per heavy atom. The molecule has 1 fully saturated rings. The van der Waals surface area contributed by atoms with Gasteiger partial charge in [0.1, 0.15) is 17.6 Å². The van der Waals surface area contributed by atoms with Crippen LogP contribution in [0.5, 0.6) is 11.5 Å². The number of benzene rings is 2. The summed E-state index contributed by atoms with van der Waals surface area (Å²) in [5.41, 5.74) is 8.28. The third kappa shape index (κ3) is 6.41. The van der Waals surface area contributed by atoms with Gasteiger partial charge in [-0.15, -0.1) is 0 Å². The van der Waals surface area contributed by atoms with E-state index in [1.807, 2.05) is 12.1 Å². The number of esters is 1. The van der Waals surface area contributed by atoms with Gasteiger partial charge in [0.2, 0.25) is 0 Å². The highest BCUT2D eigenvalue weighted by atomic mass is 16.5. The molecule has 0 saturated heterocycles. The molecule has 0 spiro atoms. The molecule has 0 aliphatic heterocycles. The first-order valence-corrected chi connectivity index (χ1v) is 10.6. The highest BCUT2D eigenvalue weighted by molar-refractivity contribution is 5.90. The molecule has 2 N–H and O–H groups in total. The zero-order valence-electron chi connectivity index (χ0n) is 17.2. The number of carbonyl (C=O) groups excluding carboxylic acids is 1. The van der Waals surface area contributed by atoms with Gasteiger partial charge in [-0.05, 0) is 68.0 Å². The average Bonchev–Trinajstić information content (AvgIpc) is 2.75. The molecule has 2 aromatic rings. The van der Waals surface area contributed by atoms with Crippen LogP contribution in [0.1, 0.15) is 61.4 Å². The van der Waals surface area contributed by atoms with Crippen LogP contribution < -0.4 is 15.2 Å². The minimum absolute atomic E-state index is 0.0294. The van der Waals surface area contributed by atoms with E-state index in [0.717, 1.165) is 37.9 Å². The number of hydrogen-bond acceptors (Lipinski definition) is 5. The van der Waals surface area contributed by atoms with Gasteiger partial charge in [-0.25, -0.2) is 4.79 Å². The standard InChI is InChI=1S/C24H31NO4/c1-2-18-9-12-20(13-10-18)27-15-6-16-28-23-17-19(11-14-22(23)25)24(26)29-21-7-4-3-5-8-21/h9-14,17,21H,2-8,15-16,25H2,1H3. The van der Waals surface area contributed by atoms with E-state index in [2.05, 4.69) is 19.1 Å². The molecule has 156 valence electrons. The van der Waals surface area contributed by atoms with E-state index in [9.17, 15) is 4.79 Å². The van der Waals surface area contributed by atoms with Crippen molar-refractivity contribution < 1.29 is 19.0 Å². The second-order valence-corrected chi connectivity index (χ2v) is 7.47. The molecule has 0 atom stereocenters. The van der Waals surface area contributed by atoms with Gasteiger partial charge >= 0.3 is 5.97 Å². The van der Waals surface area contributed by atoms with E-state index in [-0.39, 0.29) is 12.1 Å². The summed E-state index contributed by atoms with van der Waals surface area (Å²) in [4.78, 5) is 12.4. The SMILES string of the molecule is CCc1ccc(OCCCOc2cc(C(=O)OC3CCCCC3)ccc2N)cc1. The maximum Gasteiger partial charge on any atom is 0.338 e. The van der Waals surface area contributed by atoms with Crippen molar-refractivity contribution in [1.29, 1.82) is 0 Å². The van der Waals surface area contributed by atoms with Crippen LogP contribution in [-0.4, -0.2) is 25.3 Å². The summed E-state index contributed by atoms with van der Waals surface area (Å²) < 4.78 is 17.1. The maximum absolute atomic E-state index is 12.4. The smallest absolute Gasteiger partial charge is 0.338 e. The van der Waals surface area contributed by atoms with Gasteiger partial charge < -0.3 is 19.9 Å². The highest BCUT2D eigenvalue weighted by Crippen LogP contribution is 2.26. The third-order valence-electron chi connectivity index (χ3n) is 5.22. The molecule has 1 aliphatic rings. The van der Waals surface area contributed by atoms with E-state index in [0.29, 0.717) is 36.6 Å². The van der Waals surface area contributed by atoms with Crippen LogP contribution in [0, 0.1) is 0 Å². The molecule has 5 heteroatoms. The Kier molecular flexibility index (Phi) is 7.79. The van der Waals surface area contributed by atoms with Crippen LogP contribution in [0.3, 0.4) is 0 Å². The number of anilines is 1. The van der Waals surface area contributed by atoms with Crippen molar-refractivity contribution in [2.45, 2.75) is 58.0 Å². The zero-order chi connectivity index (χ0) is 20.5. The van der Waals surface area contributed by atoms with E-state index < -0.39 is 0 Å². The minimum atomic E-state index is -0.305. The number of nitrogen functional groups attached to an aromatic ring is 1. The molecular formula is C24H31NO4. The van der Waals surface area contributed by atoms with E-state index in [4.69, 9.17) is 19.9 Å². The van der Waals surface area contributed by atoms with Crippen LogP contribution in [0.25, 0.3) is 0 Å². The Bertz CT molecular complexity index is 782. The molecular weight excluding hydrogens is 366 g/mol. The summed E-state index contributed by atoms with van der Waals surface area (Å²) in [7, 11) is 0. The molecule has 0 heterocycles. The van der Waals surface area contributed by atoms with Crippen LogP contribution in [0.15, 0.2) is 42.5 Å². The lowest BCUT2D eigenvalue weighted by Gasteiger charge is -2.22. The lowest BCUT2D eigenvalue weighted by Crippen LogP contribution is -2.21. The molecule has 1 saturated carbocycles. The largest absolute Gasteiger partial charge is 0.493 e. The number of rotatable bonds is 9.